The van der Waals surface area contributed by atoms with Crippen LogP contribution in [0.25, 0.3) is 0 Å². The van der Waals surface area contributed by atoms with E-state index in [1.807, 2.05) is 0 Å². The summed E-state index contributed by atoms with van der Waals surface area (Å²) in [5.74, 6) is 0. The first-order valence-corrected chi connectivity index (χ1v) is 5.37. The van der Waals surface area contributed by atoms with Crippen molar-refractivity contribution in [3.63, 3.8) is 0 Å². The number of halogens is 2. The van der Waals surface area contributed by atoms with Gasteiger partial charge in [-0.25, -0.2) is 0 Å². The van der Waals surface area contributed by atoms with Crippen LogP contribution in [0.4, 0.5) is 0 Å². The largest absolute Gasteiger partial charge is 0.567 e. The maximum Gasteiger partial charge on any atom is 0.503 e. The van der Waals surface area contributed by atoms with E-state index in [1.165, 1.54) is 0 Å². The van der Waals surface area contributed by atoms with Crippen molar-refractivity contribution in [1.82, 2.24) is 0 Å². The molecule has 0 fully saturated rings. The molecule has 46 valence electrons. The van der Waals surface area contributed by atoms with Crippen LogP contribution in [0.1, 0.15) is 0 Å². The summed E-state index contributed by atoms with van der Waals surface area (Å²) in [7, 11) is 0. The molecule has 7 heavy (non-hydrogen) atoms. The van der Waals surface area contributed by atoms with Crippen LogP contribution in [-0.2, 0) is 0 Å². The number of hydrogen-bond donors (Lipinski definition) is 2. The molecule has 0 heterocycles. The highest BCUT2D eigenvalue weighted by molar-refractivity contribution is 1.94. The van der Waals surface area contributed by atoms with Gasteiger partial charge in [-0.1, -0.05) is 0 Å². The standard InChI is InChI=1S/HIO3.HIO2/c2-1(3)4;2-1-3/h2H;2H. The van der Waals surface area contributed by atoms with Crippen LogP contribution in [-0.4, -0.2) is 6.87 Å². The smallest absolute Gasteiger partial charge is 0.503 e. The van der Waals surface area contributed by atoms with Gasteiger partial charge in [-0.15, -0.1) is 0 Å². The van der Waals surface area contributed by atoms with Gasteiger partial charge in [0.15, 0.2) is 0 Å². The van der Waals surface area contributed by atoms with E-state index >= 15 is 0 Å². The zero-order valence-electron chi connectivity index (χ0n) is 2.88. The van der Waals surface area contributed by atoms with Crippen LogP contribution in [0.3, 0.4) is 0 Å². The van der Waals surface area contributed by atoms with Crippen molar-refractivity contribution in [3.8, 4) is 0 Å². The minimum absolute atomic E-state index is 1.66. The molecule has 0 bridgehead atoms. The monoisotopic (exact) mass is 336 g/mol. The summed E-state index contributed by atoms with van der Waals surface area (Å²) in [4.78, 5) is 0. The predicted octanol–water partition coefficient (Wildman–Crippen LogP) is -10.7. The van der Waals surface area contributed by atoms with E-state index in [1.54, 1.807) is 0 Å². The van der Waals surface area contributed by atoms with Crippen molar-refractivity contribution in [2.24, 2.45) is 0 Å². The van der Waals surface area contributed by atoms with Gasteiger partial charge in [0.1, 0.15) is 0 Å². The normalized spacial score (nSPS) is 7.71. The second-order valence-electron chi connectivity index (χ2n) is 0.270. The van der Waals surface area contributed by atoms with Crippen LogP contribution in [0.15, 0.2) is 0 Å². The highest BCUT2D eigenvalue weighted by Gasteiger charge is 1.89. The molecule has 0 aliphatic heterocycles. The molecule has 0 aromatic rings. The first-order chi connectivity index (χ1) is 3.15. The Morgan fingerprint density at radius 3 is 1.43 bits per heavy atom. The van der Waals surface area contributed by atoms with E-state index in [-0.39, 0.29) is 0 Å². The van der Waals surface area contributed by atoms with Gasteiger partial charge in [0, 0.05) is 0 Å². The lowest BCUT2D eigenvalue weighted by atomic mass is 16.0. The Bertz CT molecular complexity index is 17.3. The fraction of sp³-hybridized carbons (Fsp3) is 0. The quantitative estimate of drug-likeness (QED) is 0.427. The Morgan fingerprint density at radius 1 is 1.43 bits per heavy atom. The Kier molecular flexibility index (Phi) is 16.3. The Balaban J connectivity index is 0. The fourth-order valence-corrected chi connectivity index (χ4v) is 0. The van der Waals surface area contributed by atoms with Crippen molar-refractivity contribution in [1.29, 1.82) is 0 Å². The summed E-state index contributed by atoms with van der Waals surface area (Å²) in [5.41, 5.74) is 0. The summed E-state index contributed by atoms with van der Waals surface area (Å²) >= 11 is -5.42. The van der Waals surface area contributed by atoms with E-state index in [0.29, 0.717) is 0 Å². The van der Waals surface area contributed by atoms with E-state index in [9.17, 15) is 0 Å². The lowest BCUT2D eigenvalue weighted by Crippen LogP contribution is -3.98. The molecular weight excluding hydrogens is 334 g/mol. The summed E-state index contributed by atoms with van der Waals surface area (Å²) in [6.07, 6.45) is 0. The molecule has 0 spiro atoms. The summed E-state index contributed by atoms with van der Waals surface area (Å²) < 4.78 is 40.2. The maximum absolute atomic E-state index is 8.68. The molecule has 0 unspecified atom stereocenters. The van der Waals surface area contributed by atoms with Crippen LogP contribution in [0.5, 0.6) is 0 Å². The zero-order valence-corrected chi connectivity index (χ0v) is 7.19. The van der Waals surface area contributed by atoms with E-state index in [0.717, 1.165) is 0 Å². The molecule has 0 aliphatic carbocycles. The van der Waals surface area contributed by atoms with Crippen LogP contribution < -0.4 is 53.4 Å². The molecule has 0 atom stereocenters. The van der Waals surface area contributed by atoms with E-state index < -0.39 is 43.1 Å². The molecule has 0 aromatic carbocycles. The van der Waals surface area contributed by atoms with E-state index in [2.05, 4.69) is 0 Å². The number of rotatable bonds is 0. The molecule has 0 aromatic heterocycles. The van der Waals surface area contributed by atoms with Crippen molar-refractivity contribution in [2.45, 2.75) is 0 Å². The molecule has 0 saturated heterocycles. The molecule has 0 radical (unpaired) electrons. The summed E-state index contributed by atoms with van der Waals surface area (Å²) in [6.45, 7) is 0. The maximum atomic E-state index is 8.68. The Morgan fingerprint density at radius 2 is 1.43 bits per heavy atom. The van der Waals surface area contributed by atoms with Crippen LogP contribution in [0.2, 0.25) is 0 Å². The third-order valence-corrected chi connectivity index (χ3v) is 0. The predicted molar refractivity (Wildman–Crippen MR) is 4.44 cm³/mol. The topological polar surface area (TPSA) is 110 Å². The molecule has 2 N–H and O–H groups in total. The Hall–Kier alpha value is 1.26. The van der Waals surface area contributed by atoms with Gasteiger partial charge >= 0.3 is 43.1 Å². The second kappa shape index (κ2) is 10.3. The van der Waals surface area contributed by atoms with Gasteiger partial charge in [0.25, 0.3) is 0 Å². The molecular formula is H2I2O5. The lowest BCUT2D eigenvalue weighted by Gasteiger charge is -1.67. The zero-order chi connectivity index (χ0) is 6.28. The van der Waals surface area contributed by atoms with Gasteiger partial charge in [-0.3, -0.25) is 0 Å². The van der Waals surface area contributed by atoms with Gasteiger partial charge < -0.3 is 10.3 Å². The molecule has 7 heteroatoms. The first-order valence-electron chi connectivity index (χ1n) is 0.801. The minimum atomic E-state index is -3.76. The van der Waals surface area contributed by atoms with Crippen molar-refractivity contribution >= 4 is 0 Å². The van der Waals surface area contributed by atoms with Crippen molar-refractivity contribution in [3.05, 3.63) is 0 Å². The SMILES string of the molecule is [O-][I+2]([O-])O.[O-][I+]O. The fourth-order valence-electron chi connectivity index (χ4n) is 0. The third kappa shape index (κ3) is 127. The minimum Gasteiger partial charge on any atom is -0.567 e. The van der Waals surface area contributed by atoms with Crippen molar-refractivity contribution < 1.29 is 60.3 Å². The molecule has 0 rings (SSSR count). The highest BCUT2D eigenvalue weighted by atomic mass is 127. The Labute approximate surface area is 60.0 Å². The molecule has 0 amide bonds. The van der Waals surface area contributed by atoms with Gasteiger partial charge in [-0.2, -0.15) is 3.44 Å². The summed E-state index contributed by atoms with van der Waals surface area (Å²) in [5, 5.41) is 0. The second-order valence-corrected chi connectivity index (χ2v) is 1.81. The summed E-state index contributed by atoms with van der Waals surface area (Å²) in [6, 6.07) is 0. The molecule has 0 aliphatic rings. The van der Waals surface area contributed by atoms with Gasteiger partial charge in [0.05, 0.1) is 0 Å². The average molecular weight is 336 g/mol. The van der Waals surface area contributed by atoms with Gasteiger partial charge in [-0.05, 0) is 3.44 Å². The van der Waals surface area contributed by atoms with E-state index in [4.69, 9.17) is 17.2 Å². The van der Waals surface area contributed by atoms with Crippen LogP contribution in [0, 0.1) is 0 Å². The lowest BCUT2D eigenvalue weighted by molar-refractivity contribution is -1.63. The highest BCUT2D eigenvalue weighted by Crippen LogP contribution is 0.251. The third-order valence-electron chi connectivity index (χ3n) is 0. The molecule has 5 nitrogen and oxygen atoms in total. The van der Waals surface area contributed by atoms with Crippen LogP contribution >= 0.6 is 0 Å². The van der Waals surface area contributed by atoms with Crippen molar-refractivity contribution in [2.75, 3.05) is 0 Å². The van der Waals surface area contributed by atoms with Gasteiger partial charge in [0.2, 0.25) is 0 Å². The number of hydrogen-bond acceptors (Lipinski definition) is 5. The molecule has 0 saturated carbocycles. The average Bonchev–Trinajstić information content (AvgIpc) is 1.33. The first kappa shape index (κ1) is 11.1.